The van der Waals surface area contributed by atoms with Crippen LogP contribution in [0.15, 0.2) is 43.7 Å². The van der Waals surface area contributed by atoms with Crippen molar-refractivity contribution >= 4 is 48.6 Å². The third kappa shape index (κ3) is 2.36. The minimum absolute atomic E-state index is 0.584. The lowest BCUT2D eigenvalue weighted by atomic mass is 10.1. The molecule has 0 atom stereocenters. The summed E-state index contributed by atoms with van der Waals surface area (Å²) in [7, 11) is 0. The SMILES string of the molecule is CCc1cc(Br)c2oc(-c3ccc(N)cc3Br)nc2c1. The van der Waals surface area contributed by atoms with Gasteiger partial charge in [0.2, 0.25) is 5.89 Å². The van der Waals surface area contributed by atoms with Gasteiger partial charge in [-0.25, -0.2) is 4.98 Å². The van der Waals surface area contributed by atoms with Gasteiger partial charge in [-0.3, -0.25) is 0 Å². The first-order valence-electron chi connectivity index (χ1n) is 6.23. The van der Waals surface area contributed by atoms with E-state index in [9.17, 15) is 0 Å². The van der Waals surface area contributed by atoms with Crippen LogP contribution >= 0.6 is 31.9 Å². The lowest BCUT2D eigenvalue weighted by Crippen LogP contribution is -1.86. The summed E-state index contributed by atoms with van der Waals surface area (Å²) < 4.78 is 7.68. The molecule has 0 bridgehead atoms. The molecule has 0 amide bonds. The molecule has 0 saturated heterocycles. The molecular weight excluding hydrogens is 384 g/mol. The highest BCUT2D eigenvalue weighted by Crippen LogP contribution is 2.34. The Kier molecular flexibility index (Phi) is 3.56. The van der Waals surface area contributed by atoms with Crippen molar-refractivity contribution in [3.63, 3.8) is 0 Å². The number of nitrogens with two attached hydrogens (primary N) is 1. The van der Waals surface area contributed by atoms with Crippen LogP contribution in [0.3, 0.4) is 0 Å². The number of benzene rings is 2. The van der Waals surface area contributed by atoms with Crippen molar-refractivity contribution in [2.75, 3.05) is 5.73 Å². The third-order valence-corrected chi connectivity index (χ3v) is 4.38. The number of nitrogens with zero attached hydrogens (tertiary/aromatic N) is 1. The molecule has 0 unspecified atom stereocenters. The highest BCUT2D eigenvalue weighted by atomic mass is 79.9. The molecule has 0 aliphatic rings. The van der Waals surface area contributed by atoms with Crippen LogP contribution in [0, 0.1) is 0 Å². The van der Waals surface area contributed by atoms with Crippen molar-refractivity contribution in [3.05, 3.63) is 44.8 Å². The first-order chi connectivity index (χ1) is 9.58. The minimum atomic E-state index is 0.584. The Morgan fingerprint density at radius 2 is 1.95 bits per heavy atom. The van der Waals surface area contributed by atoms with Crippen molar-refractivity contribution in [3.8, 4) is 11.5 Å². The van der Waals surface area contributed by atoms with Crippen LogP contribution in [0.2, 0.25) is 0 Å². The monoisotopic (exact) mass is 394 g/mol. The van der Waals surface area contributed by atoms with E-state index in [0.29, 0.717) is 11.6 Å². The van der Waals surface area contributed by atoms with Crippen molar-refractivity contribution in [2.45, 2.75) is 13.3 Å². The summed E-state index contributed by atoms with van der Waals surface area (Å²) in [4.78, 5) is 4.58. The topological polar surface area (TPSA) is 52.0 Å². The van der Waals surface area contributed by atoms with E-state index in [1.807, 2.05) is 18.2 Å². The molecule has 3 aromatic rings. The van der Waals surface area contributed by atoms with Gasteiger partial charge in [0.1, 0.15) is 5.52 Å². The molecule has 0 aliphatic heterocycles. The highest BCUT2D eigenvalue weighted by Gasteiger charge is 2.14. The average Bonchev–Trinajstić information content (AvgIpc) is 2.82. The molecule has 0 fully saturated rings. The largest absolute Gasteiger partial charge is 0.435 e. The van der Waals surface area contributed by atoms with Gasteiger partial charge in [0.25, 0.3) is 0 Å². The molecule has 0 aliphatic carbocycles. The van der Waals surface area contributed by atoms with Gasteiger partial charge in [-0.2, -0.15) is 0 Å². The predicted octanol–water partition coefficient (Wildman–Crippen LogP) is 5.16. The molecule has 102 valence electrons. The number of aromatic nitrogens is 1. The van der Waals surface area contributed by atoms with Gasteiger partial charge in [0.05, 0.1) is 10.0 Å². The van der Waals surface area contributed by atoms with Crippen molar-refractivity contribution in [1.82, 2.24) is 4.98 Å². The Morgan fingerprint density at radius 1 is 1.15 bits per heavy atom. The van der Waals surface area contributed by atoms with E-state index >= 15 is 0 Å². The van der Waals surface area contributed by atoms with Crippen LogP contribution in [-0.4, -0.2) is 4.98 Å². The number of rotatable bonds is 2. The molecule has 20 heavy (non-hydrogen) atoms. The number of aryl methyl sites for hydroxylation is 1. The van der Waals surface area contributed by atoms with E-state index in [-0.39, 0.29) is 0 Å². The molecule has 2 aromatic carbocycles. The van der Waals surface area contributed by atoms with E-state index in [1.165, 1.54) is 5.56 Å². The molecule has 2 N–H and O–H groups in total. The zero-order chi connectivity index (χ0) is 14.3. The van der Waals surface area contributed by atoms with E-state index < -0.39 is 0 Å². The summed E-state index contributed by atoms with van der Waals surface area (Å²) in [5.41, 5.74) is 10.2. The fraction of sp³-hybridized carbons (Fsp3) is 0.133. The fourth-order valence-electron chi connectivity index (χ4n) is 2.07. The second-order valence-electron chi connectivity index (χ2n) is 4.54. The summed E-state index contributed by atoms with van der Waals surface area (Å²) in [5.74, 6) is 0.584. The lowest BCUT2D eigenvalue weighted by Gasteiger charge is -2.00. The molecule has 3 nitrogen and oxygen atoms in total. The number of fused-ring (bicyclic) bond motifs is 1. The Morgan fingerprint density at radius 3 is 2.65 bits per heavy atom. The van der Waals surface area contributed by atoms with Gasteiger partial charge >= 0.3 is 0 Å². The predicted molar refractivity (Wildman–Crippen MR) is 88.6 cm³/mol. The Bertz CT molecular complexity index is 796. The maximum Gasteiger partial charge on any atom is 0.228 e. The number of nitrogen functional groups attached to an aromatic ring is 1. The van der Waals surface area contributed by atoms with Crippen LogP contribution in [0.5, 0.6) is 0 Å². The summed E-state index contributed by atoms with van der Waals surface area (Å²) >= 11 is 7.04. The first kappa shape index (κ1) is 13.6. The Balaban J connectivity index is 2.20. The van der Waals surface area contributed by atoms with E-state index in [4.69, 9.17) is 10.2 Å². The van der Waals surface area contributed by atoms with Crippen molar-refractivity contribution < 1.29 is 4.42 Å². The first-order valence-corrected chi connectivity index (χ1v) is 7.81. The van der Waals surface area contributed by atoms with E-state index in [0.717, 1.165) is 32.0 Å². The van der Waals surface area contributed by atoms with Crippen LogP contribution in [0.4, 0.5) is 5.69 Å². The van der Waals surface area contributed by atoms with Crippen LogP contribution < -0.4 is 5.73 Å². The zero-order valence-electron chi connectivity index (χ0n) is 10.8. The Hall–Kier alpha value is -1.33. The number of halogens is 2. The van der Waals surface area contributed by atoms with Gasteiger partial charge in [-0.15, -0.1) is 0 Å². The zero-order valence-corrected chi connectivity index (χ0v) is 14.0. The summed E-state index contributed by atoms with van der Waals surface area (Å²) in [6.45, 7) is 2.12. The van der Waals surface area contributed by atoms with E-state index in [1.54, 1.807) is 0 Å². The van der Waals surface area contributed by atoms with Gasteiger partial charge in [0.15, 0.2) is 5.58 Å². The van der Waals surface area contributed by atoms with Gasteiger partial charge in [0, 0.05) is 10.2 Å². The normalized spacial score (nSPS) is 11.2. The van der Waals surface area contributed by atoms with Crippen molar-refractivity contribution in [1.29, 1.82) is 0 Å². The molecule has 3 rings (SSSR count). The smallest absolute Gasteiger partial charge is 0.228 e. The van der Waals surface area contributed by atoms with Crippen LogP contribution in [0.1, 0.15) is 12.5 Å². The summed E-state index contributed by atoms with van der Waals surface area (Å²) in [5, 5.41) is 0. The van der Waals surface area contributed by atoms with Crippen molar-refractivity contribution in [2.24, 2.45) is 0 Å². The quantitative estimate of drug-likeness (QED) is 0.609. The Labute approximate surface area is 133 Å². The van der Waals surface area contributed by atoms with Crippen LogP contribution in [-0.2, 0) is 6.42 Å². The molecule has 1 heterocycles. The number of anilines is 1. The maximum absolute atomic E-state index is 5.88. The average molecular weight is 396 g/mol. The van der Waals surface area contributed by atoms with E-state index in [2.05, 4.69) is 55.9 Å². The molecule has 1 aromatic heterocycles. The molecule has 0 radical (unpaired) electrons. The fourth-order valence-corrected chi connectivity index (χ4v) is 3.21. The molecule has 0 saturated carbocycles. The second kappa shape index (κ2) is 5.22. The standard InChI is InChI=1S/C15H12Br2N2O/c1-2-8-5-12(17)14-13(6-8)19-15(20-14)10-4-3-9(18)7-11(10)16/h3-7H,2,18H2,1H3. The van der Waals surface area contributed by atoms with Gasteiger partial charge < -0.3 is 10.2 Å². The van der Waals surface area contributed by atoms with Gasteiger partial charge in [-0.05, 0) is 74.2 Å². The summed E-state index contributed by atoms with van der Waals surface area (Å²) in [6.07, 6.45) is 0.961. The molecular formula is C15H12Br2N2O. The summed E-state index contributed by atoms with van der Waals surface area (Å²) in [6, 6.07) is 9.70. The second-order valence-corrected chi connectivity index (χ2v) is 6.25. The van der Waals surface area contributed by atoms with Crippen LogP contribution in [0.25, 0.3) is 22.6 Å². The minimum Gasteiger partial charge on any atom is -0.435 e. The molecule has 0 spiro atoms. The number of hydrogen-bond donors (Lipinski definition) is 1. The molecule has 5 heteroatoms. The van der Waals surface area contributed by atoms with Gasteiger partial charge in [-0.1, -0.05) is 6.92 Å². The number of hydrogen-bond acceptors (Lipinski definition) is 3. The number of oxazole rings is 1. The highest BCUT2D eigenvalue weighted by molar-refractivity contribution is 9.11. The third-order valence-electron chi connectivity index (χ3n) is 3.14. The lowest BCUT2D eigenvalue weighted by molar-refractivity contribution is 0.617. The maximum atomic E-state index is 5.88.